The van der Waals surface area contributed by atoms with Gasteiger partial charge in [-0.1, -0.05) is 6.07 Å². The van der Waals surface area contributed by atoms with Crippen LogP contribution in [0.1, 0.15) is 50.9 Å². The maximum atomic E-state index is 12.1. The molecule has 3 rings (SSSR count). The summed E-state index contributed by atoms with van der Waals surface area (Å²) in [6, 6.07) is 6.16. The van der Waals surface area contributed by atoms with E-state index in [1.165, 1.54) is 5.69 Å². The summed E-state index contributed by atoms with van der Waals surface area (Å²) in [6.45, 7) is 9.24. The summed E-state index contributed by atoms with van der Waals surface area (Å²) in [4.78, 5) is 18.7. The number of hydrogen-bond acceptors (Lipinski definition) is 3. The lowest BCUT2D eigenvalue weighted by molar-refractivity contribution is 0.0204. The van der Waals surface area contributed by atoms with E-state index in [-0.39, 0.29) is 6.09 Å². The Kier molecular flexibility index (Phi) is 4.04. The van der Waals surface area contributed by atoms with Crippen LogP contribution in [0.5, 0.6) is 0 Å². The first-order valence-corrected chi connectivity index (χ1v) is 8.26. The quantitative estimate of drug-likeness (QED) is 0.805. The number of amides is 1. The molecule has 124 valence electrons. The fourth-order valence-corrected chi connectivity index (χ4v) is 3.05. The van der Waals surface area contributed by atoms with Crippen LogP contribution >= 0.6 is 0 Å². The number of likely N-dealkylation sites (tertiary alicyclic amines) is 1. The fraction of sp³-hybridized carbons (Fsp3) is 0.556. The first-order valence-electron chi connectivity index (χ1n) is 8.26. The molecule has 5 heteroatoms. The van der Waals surface area contributed by atoms with Crippen molar-refractivity contribution in [1.82, 2.24) is 14.3 Å². The number of carbonyl (C=O) groups is 1. The third-order valence-corrected chi connectivity index (χ3v) is 4.28. The van der Waals surface area contributed by atoms with Crippen LogP contribution in [0.4, 0.5) is 4.79 Å². The summed E-state index contributed by atoms with van der Waals surface area (Å²) in [5.74, 6) is 0.410. The molecule has 0 aromatic carbocycles. The van der Waals surface area contributed by atoms with E-state index in [9.17, 15) is 4.79 Å². The van der Waals surface area contributed by atoms with Crippen LogP contribution in [0, 0.1) is 6.92 Å². The standard InChI is InChI=1S/C18H25N3O2/c1-13-6-5-7-16-19-15(12-21(13)16)14-8-10-20(11-9-14)17(22)23-18(2,3)4/h5-7,12,14H,8-11H2,1-4H3. The maximum Gasteiger partial charge on any atom is 0.410 e. The molecular weight excluding hydrogens is 290 g/mol. The summed E-state index contributed by atoms with van der Waals surface area (Å²) in [6.07, 6.45) is 3.80. The highest BCUT2D eigenvalue weighted by atomic mass is 16.6. The summed E-state index contributed by atoms with van der Waals surface area (Å²) in [7, 11) is 0. The zero-order valence-corrected chi connectivity index (χ0v) is 14.4. The fourth-order valence-electron chi connectivity index (χ4n) is 3.05. The molecule has 0 spiro atoms. The van der Waals surface area contributed by atoms with Crippen LogP contribution < -0.4 is 0 Å². The molecule has 0 atom stereocenters. The Hall–Kier alpha value is -2.04. The van der Waals surface area contributed by atoms with Crippen LogP contribution in [-0.4, -0.2) is 39.1 Å². The van der Waals surface area contributed by atoms with Gasteiger partial charge in [-0.3, -0.25) is 0 Å². The number of rotatable bonds is 1. The van der Waals surface area contributed by atoms with Crippen molar-refractivity contribution in [3.63, 3.8) is 0 Å². The highest BCUT2D eigenvalue weighted by Gasteiger charge is 2.28. The minimum Gasteiger partial charge on any atom is -0.444 e. The Morgan fingerprint density at radius 2 is 1.96 bits per heavy atom. The van der Waals surface area contributed by atoms with E-state index in [4.69, 9.17) is 9.72 Å². The number of hydrogen-bond donors (Lipinski definition) is 0. The first kappa shape index (κ1) is 15.8. The van der Waals surface area contributed by atoms with Crippen molar-refractivity contribution >= 4 is 11.7 Å². The molecule has 0 bridgehead atoms. The van der Waals surface area contributed by atoms with Crippen LogP contribution in [0.2, 0.25) is 0 Å². The van der Waals surface area contributed by atoms with Crippen LogP contribution in [0.15, 0.2) is 24.4 Å². The third-order valence-electron chi connectivity index (χ3n) is 4.28. The minimum absolute atomic E-state index is 0.207. The smallest absolute Gasteiger partial charge is 0.410 e. The van der Waals surface area contributed by atoms with Gasteiger partial charge in [0.25, 0.3) is 0 Å². The average molecular weight is 315 g/mol. The number of aromatic nitrogens is 2. The molecule has 0 radical (unpaired) electrons. The van der Waals surface area contributed by atoms with E-state index < -0.39 is 5.60 Å². The number of imidazole rings is 1. The van der Waals surface area contributed by atoms with Gasteiger partial charge in [0.1, 0.15) is 11.2 Å². The molecule has 1 aliphatic rings. The van der Waals surface area contributed by atoms with Gasteiger partial charge in [0.2, 0.25) is 0 Å². The minimum atomic E-state index is -0.437. The van der Waals surface area contributed by atoms with Crippen LogP contribution in [-0.2, 0) is 4.74 Å². The second-order valence-corrected chi connectivity index (χ2v) is 7.30. The van der Waals surface area contributed by atoms with Crippen molar-refractivity contribution in [2.45, 2.75) is 52.1 Å². The van der Waals surface area contributed by atoms with Gasteiger partial charge in [0.15, 0.2) is 0 Å². The predicted molar refractivity (Wildman–Crippen MR) is 89.7 cm³/mol. The molecule has 1 amide bonds. The van der Waals surface area contributed by atoms with Crippen molar-refractivity contribution in [1.29, 1.82) is 0 Å². The van der Waals surface area contributed by atoms with Crippen molar-refractivity contribution in [2.75, 3.05) is 13.1 Å². The summed E-state index contributed by atoms with van der Waals surface area (Å²) < 4.78 is 7.58. The lowest BCUT2D eigenvalue weighted by atomic mass is 9.94. The number of nitrogens with zero attached hydrogens (tertiary/aromatic N) is 3. The van der Waals surface area contributed by atoms with Crippen LogP contribution in [0.25, 0.3) is 5.65 Å². The molecule has 23 heavy (non-hydrogen) atoms. The van der Waals surface area contributed by atoms with Crippen molar-refractivity contribution in [2.24, 2.45) is 0 Å². The van der Waals surface area contributed by atoms with E-state index in [1.54, 1.807) is 0 Å². The van der Waals surface area contributed by atoms with E-state index in [2.05, 4.69) is 23.6 Å². The second-order valence-electron chi connectivity index (χ2n) is 7.30. The highest BCUT2D eigenvalue weighted by molar-refractivity contribution is 5.68. The zero-order chi connectivity index (χ0) is 16.6. The Labute approximate surface area is 137 Å². The molecule has 0 N–H and O–H groups in total. The van der Waals surface area contributed by atoms with Gasteiger partial charge in [-0.25, -0.2) is 9.78 Å². The first-order chi connectivity index (χ1) is 10.8. The summed E-state index contributed by atoms with van der Waals surface area (Å²) in [5, 5.41) is 0. The average Bonchev–Trinajstić information content (AvgIpc) is 2.91. The third kappa shape index (κ3) is 3.49. The van der Waals surface area contributed by atoms with E-state index in [0.717, 1.165) is 37.3 Å². The highest BCUT2D eigenvalue weighted by Crippen LogP contribution is 2.28. The van der Waals surface area contributed by atoms with Gasteiger partial charge in [-0.2, -0.15) is 0 Å². The molecule has 2 aromatic rings. The molecule has 5 nitrogen and oxygen atoms in total. The van der Waals surface area contributed by atoms with Crippen molar-refractivity contribution < 1.29 is 9.53 Å². The largest absolute Gasteiger partial charge is 0.444 e. The van der Waals surface area contributed by atoms with E-state index in [0.29, 0.717) is 5.92 Å². The number of pyridine rings is 1. The van der Waals surface area contributed by atoms with Gasteiger partial charge in [-0.15, -0.1) is 0 Å². The molecule has 3 heterocycles. The summed E-state index contributed by atoms with van der Waals surface area (Å²) >= 11 is 0. The van der Waals surface area contributed by atoms with Crippen LogP contribution in [0.3, 0.4) is 0 Å². The Balaban J connectivity index is 1.66. The number of fused-ring (bicyclic) bond motifs is 1. The number of piperidine rings is 1. The molecule has 1 aliphatic heterocycles. The predicted octanol–water partition coefficient (Wildman–Crippen LogP) is 3.76. The Morgan fingerprint density at radius 3 is 2.57 bits per heavy atom. The van der Waals surface area contributed by atoms with E-state index in [1.807, 2.05) is 37.8 Å². The summed E-state index contributed by atoms with van der Waals surface area (Å²) in [5.41, 5.74) is 2.87. The van der Waals surface area contributed by atoms with E-state index >= 15 is 0 Å². The molecule has 0 saturated carbocycles. The zero-order valence-electron chi connectivity index (χ0n) is 14.4. The van der Waals surface area contributed by atoms with Gasteiger partial charge in [0.05, 0.1) is 5.69 Å². The SMILES string of the molecule is Cc1cccc2nc(C3CCN(C(=O)OC(C)(C)C)CC3)cn12. The van der Waals surface area contributed by atoms with Gasteiger partial charge in [-0.05, 0) is 52.7 Å². The van der Waals surface area contributed by atoms with Crippen molar-refractivity contribution in [3.8, 4) is 0 Å². The molecule has 1 fully saturated rings. The second kappa shape index (κ2) is 5.87. The monoisotopic (exact) mass is 315 g/mol. The number of aryl methyl sites for hydroxylation is 1. The number of carbonyl (C=O) groups excluding carboxylic acids is 1. The lowest BCUT2D eigenvalue weighted by Crippen LogP contribution is -2.41. The molecule has 1 saturated heterocycles. The molecule has 2 aromatic heterocycles. The Morgan fingerprint density at radius 1 is 1.26 bits per heavy atom. The molecule has 0 unspecified atom stereocenters. The Bertz CT molecular complexity index is 707. The van der Waals surface area contributed by atoms with Crippen molar-refractivity contribution in [3.05, 3.63) is 35.8 Å². The molecule has 0 aliphatic carbocycles. The topological polar surface area (TPSA) is 46.8 Å². The number of ether oxygens (including phenoxy) is 1. The van der Waals surface area contributed by atoms with Gasteiger partial charge >= 0.3 is 6.09 Å². The normalized spacial score (nSPS) is 16.8. The molecular formula is C18H25N3O2. The lowest BCUT2D eigenvalue weighted by Gasteiger charge is -2.32. The maximum absolute atomic E-state index is 12.1. The van der Waals surface area contributed by atoms with Gasteiger partial charge < -0.3 is 14.0 Å². The van der Waals surface area contributed by atoms with Gasteiger partial charge in [0, 0.05) is 30.9 Å².